The summed E-state index contributed by atoms with van der Waals surface area (Å²) >= 11 is 0. The molecule has 0 bridgehead atoms. The molecule has 0 aliphatic carbocycles. The molecule has 0 saturated carbocycles. The van der Waals surface area contributed by atoms with Crippen LogP contribution in [-0.4, -0.2) is 82.6 Å². The van der Waals surface area contributed by atoms with Crippen LogP contribution < -0.4 is 28.4 Å². The first-order valence-corrected chi connectivity index (χ1v) is 17.0. The molecule has 12 heteroatoms. The van der Waals surface area contributed by atoms with Gasteiger partial charge < -0.3 is 43.2 Å². The van der Waals surface area contributed by atoms with E-state index >= 15 is 0 Å². The van der Waals surface area contributed by atoms with Gasteiger partial charge in [0, 0.05) is 6.54 Å². The number of benzene rings is 3. The van der Waals surface area contributed by atoms with Crippen molar-refractivity contribution >= 4 is 17.8 Å². The highest BCUT2D eigenvalue weighted by molar-refractivity contribution is 5.89. The average Bonchev–Trinajstić information content (AvgIpc) is 3.14. The number of carboxylic acid groups (broad SMARTS) is 1. The predicted molar refractivity (Wildman–Crippen MR) is 189 cm³/mol. The molecule has 51 heavy (non-hydrogen) atoms. The number of carbonyl (C=O) groups is 3. The fourth-order valence-corrected chi connectivity index (χ4v) is 6.51. The van der Waals surface area contributed by atoms with Crippen LogP contribution in [0.1, 0.15) is 68.2 Å². The van der Waals surface area contributed by atoms with Gasteiger partial charge in [-0.1, -0.05) is 32.0 Å². The number of carbonyl (C=O) groups excluding carboxylic acids is 2. The van der Waals surface area contributed by atoms with Crippen LogP contribution in [-0.2, 0) is 25.5 Å². The van der Waals surface area contributed by atoms with Crippen molar-refractivity contribution in [3.63, 3.8) is 0 Å². The molecular weight excluding hydrogens is 658 g/mol. The van der Waals surface area contributed by atoms with E-state index in [0.29, 0.717) is 71.4 Å². The maximum atomic E-state index is 14.5. The highest BCUT2D eigenvalue weighted by Gasteiger charge is 2.39. The fraction of sp³-hybridized carbons (Fsp3) is 0.462. The van der Waals surface area contributed by atoms with E-state index in [0.717, 1.165) is 18.4 Å². The molecule has 3 atom stereocenters. The third-order valence-electron chi connectivity index (χ3n) is 9.03. The van der Waals surface area contributed by atoms with Gasteiger partial charge in [-0.25, -0.2) is 9.59 Å². The Kier molecular flexibility index (Phi) is 13.8. The third kappa shape index (κ3) is 9.56. The van der Waals surface area contributed by atoms with Gasteiger partial charge in [0.1, 0.15) is 17.9 Å². The lowest BCUT2D eigenvalue weighted by Gasteiger charge is -2.38. The van der Waals surface area contributed by atoms with Crippen LogP contribution in [0, 0.1) is 5.92 Å². The van der Waals surface area contributed by atoms with E-state index in [1.165, 1.54) is 21.3 Å². The fourth-order valence-electron chi connectivity index (χ4n) is 6.51. The second-order valence-corrected chi connectivity index (χ2v) is 12.6. The molecule has 0 spiro atoms. The summed E-state index contributed by atoms with van der Waals surface area (Å²) in [5.41, 5.74) is 2.26. The van der Waals surface area contributed by atoms with Crippen LogP contribution in [0.25, 0.3) is 0 Å². The van der Waals surface area contributed by atoms with E-state index in [4.69, 9.17) is 38.3 Å². The number of esters is 1. The maximum Gasteiger partial charge on any atom is 0.341 e. The van der Waals surface area contributed by atoms with Crippen molar-refractivity contribution in [2.24, 2.45) is 5.92 Å². The van der Waals surface area contributed by atoms with Gasteiger partial charge in [0.2, 0.25) is 11.7 Å². The minimum atomic E-state index is -1.11. The molecule has 1 aliphatic heterocycles. The largest absolute Gasteiger partial charge is 0.493 e. The zero-order valence-corrected chi connectivity index (χ0v) is 30.4. The van der Waals surface area contributed by atoms with Gasteiger partial charge in [-0.2, -0.15) is 0 Å². The van der Waals surface area contributed by atoms with Gasteiger partial charge in [-0.15, -0.1) is 0 Å². The van der Waals surface area contributed by atoms with E-state index in [2.05, 4.69) is 0 Å². The molecule has 276 valence electrons. The SMILES string of the molecule is COc1ccc(CC[C@@H](OC(=O)[C@@H]2CCCCN2C(=O)[C@@H](c2cc(OC)c(OC)c(OC)c2)C(C)C)c2cccc(OCC(=O)O)c2)cc1OC. The van der Waals surface area contributed by atoms with Crippen LogP contribution in [0.2, 0.25) is 0 Å². The second-order valence-electron chi connectivity index (χ2n) is 12.6. The van der Waals surface area contributed by atoms with E-state index in [1.54, 1.807) is 49.5 Å². The Hall–Kier alpha value is -5.13. The number of aliphatic carboxylic acids is 1. The topological polar surface area (TPSA) is 139 Å². The molecule has 0 radical (unpaired) electrons. The third-order valence-corrected chi connectivity index (χ3v) is 9.03. The lowest BCUT2D eigenvalue weighted by Crippen LogP contribution is -2.51. The smallest absolute Gasteiger partial charge is 0.341 e. The summed E-state index contributed by atoms with van der Waals surface area (Å²) in [7, 11) is 7.71. The first-order chi connectivity index (χ1) is 24.5. The standard InChI is InChI=1S/C39H49NO11/c1-24(2)36(27-21-33(47-5)37(49-7)34(22-27)48-6)38(43)40-18-9-8-13-29(40)39(44)51-30(26-11-10-12-28(20-26)50-23-35(41)42)16-14-25-15-17-31(45-3)32(19-25)46-4/h10-12,15,17,19-22,24,29-30,36H,8-9,13-14,16,18,23H2,1-7H3,(H,41,42)/t29-,30+,36+/m0/s1. The van der Waals surface area contributed by atoms with Gasteiger partial charge in [-0.05, 0) is 91.1 Å². The maximum absolute atomic E-state index is 14.5. The highest BCUT2D eigenvalue weighted by atomic mass is 16.5. The quantitative estimate of drug-likeness (QED) is 0.160. The molecule has 4 rings (SSSR count). The van der Waals surface area contributed by atoms with Crippen molar-refractivity contribution in [3.8, 4) is 34.5 Å². The Morgan fingerprint density at radius 2 is 1.49 bits per heavy atom. The Morgan fingerprint density at radius 3 is 2.10 bits per heavy atom. The molecule has 12 nitrogen and oxygen atoms in total. The van der Waals surface area contributed by atoms with E-state index in [9.17, 15) is 14.4 Å². The average molecular weight is 708 g/mol. The minimum absolute atomic E-state index is 0.123. The van der Waals surface area contributed by atoms with Crippen LogP contribution in [0.3, 0.4) is 0 Å². The molecule has 0 unspecified atom stereocenters. The number of amides is 1. The number of aryl methyl sites for hydroxylation is 1. The number of likely N-dealkylation sites (tertiary alicyclic amines) is 1. The van der Waals surface area contributed by atoms with Crippen molar-refractivity contribution in [2.45, 2.75) is 64.0 Å². The summed E-state index contributed by atoms with van der Waals surface area (Å²) < 4.78 is 39.2. The van der Waals surface area contributed by atoms with Crippen LogP contribution in [0.5, 0.6) is 34.5 Å². The summed E-state index contributed by atoms with van der Waals surface area (Å²) in [6, 6.07) is 15.2. The van der Waals surface area contributed by atoms with Crippen molar-refractivity contribution in [1.29, 1.82) is 0 Å². The molecule has 3 aromatic carbocycles. The Bertz CT molecular complexity index is 1630. The predicted octanol–water partition coefficient (Wildman–Crippen LogP) is 6.23. The Labute approximate surface area is 299 Å². The number of carboxylic acids is 1. The highest BCUT2D eigenvalue weighted by Crippen LogP contribution is 2.42. The number of piperidine rings is 1. The number of rotatable bonds is 17. The van der Waals surface area contributed by atoms with E-state index < -0.39 is 36.6 Å². The molecule has 1 saturated heterocycles. The summed E-state index contributed by atoms with van der Waals surface area (Å²) in [5.74, 6) is 0.283. The molecular formula is C39H49NO11. The molecule has 1 fully saturated rings. The number of hydrogen-bond acceptors (Lipinski definition) is 10. The minimum Gasteiger partial charge on any atom is -0.493 e. The van der Waals surface area contributed by atoms with Gasteiger partial charge in [0.05, 0.1) is 41.5 Å². The summed E-state index contributed by atoms with van der Waals surface area (Å²) in [6.45, 7) is 3.82. The van der Waals surface area contributed by atoms with Gasteiger partial charge in [0.25, 0.3) is 0 Å². The molecule has 3 aromatic rings. The van der Waals surface area contributed by atoms with Crippen LogP contribution in [0.15, 0.2) is 54.6 Å². The Balaban J connectivity index is 1.64. The Morgan fingerprint density at radius 1 is 0.804 bits per heavy atom. The molecule has 1 aliphatic rings. The normalized spacial score (nSPS) is 15.4. The zero-order valence-electron chi connectivity index (χ0n) is 30.4. The number of nitrogens with zero attached hydrogens (tertiary/aromatic N) is 1. The number of ether oxygens (including phenoxy) is 7. The molecule has 0 aromatic heterocycles. The van der Waals surface area contributed by atoms with Crippen molar-refractivity contribution in [1.82, 2.24) is 4.90 Å². The zero-order chi connectivity index (χ0) is 37.1. The summed E-state index contributed by atoms with van der Waals surface area (Å²) in [4.78, 5) is 41.5. The van der Waals surface area contributed by atoms with E-state index in [1.807, 2.05) is 38.1 Å². The lowest BCUT2D eigenvalue weighted by atomic mass is 9.85. The summed E-state index contributed by atoms with van der Waals surface area (Å²) in [6.07, 6.45) is 2.14. The van der Waals surface area contributed by atoms with Gasteiger partial charge in [-0.3, -0.25) is 4.79 Å². The van der Waals surface area contributed by atoms with Gasteiger partial charge in [0.15, 0.2) is 29.6 Å². The first-order valence-electron chi connectivity index (χ1n) is 17.0. The van der Waals surface area contributed by atoms with Crippen molar-refractivity contribution in [3.05, 3.63) is 71.3 Å². The van der Waals surface area contributed by atoms with Crippen LogP contribution >= 0.6 is 0 Å². The molecule has 1 N–H and O–H groups in total. The van der Waals surface area contributed by atoms with Crippen molar-refractivity contribution in [2.75, 3.05) is 48.7 Å². The number of methoxy groups -OCH3 is 5. The van der Waals surface area contributed by atoms with Crippen molar-refractivity contribution < 1.29 is 52.6 Å². The second kappa shape index (κ2) is 18.2. The first kappa shape index (κ1) is 38.7. The summed E-state index contributed by atoms with van der Waals surface area (Å²) in [5, 5.41) is 9.13. The van der Waals surface area contributed by atoms with Gasteiger partial charge >= 0.3 is 11.9 Å². The molecule has 1 amide bonds. The lowest BCUT2D eigenvalue weighted by molar-refractivity contribution is -0.163. The van der Waals surface area contributed by atoms with Crippen LogP contribution in [0.4, 0.5) is 0 Å². The molecule has 1 heterocycles. The number of hydrogen-bond donors (Lipinski definition) is 1. The van der Waals surface area contributed by atoms with E-state index in [-0.39, 0.29) is 11.8 Å². The monoisotopic (exact) mass is 707 g/mol.